The summed E-state index contributed by atoms with van der Waals surface area (Å²) in [6.07, 6.45) is 6.54. The van der Waals surface area contributed by atoms with Gasteiger partial charge in [-0.3, -0.25) is 0 Å². The predicted molar refractivity (Wildman–Crippen MR) is 53.4 cm³/mol. The van der Waals surface area contributed by atoms with Crippen LogP contribution in [0.1, 0.15) is 26.7 Å². The van der Waals surface area contributed by atoms with E-state index in [1.54, 1.807) is 0 Å². The number of ether oxygens (including phenoxy) is 1. The molecule has 0 spiro atoms. The Balaban J connectivity index is 2.81. The Morgan fingerprint density at radius 1 is 1.33 bits per heavy atom. The highest BCUT2D eigenvalue weighted by Crippen LogP contribution is 1.86. The summed E-state index contributed by atoms with van der Waals surface area (Å²) >= 11 is 0. The monoisotopic (exact) mass is 171 g/mol. The maximum atomic E-state index is 5.37. The molecule has 2 heteroatoms. The fraction of sp³-hybridized carbons (Fsp3) is 0.800. The Morgan fingerprint density at radius 3 is 2.83 bits per heavy atom. The number of nitrogens with one attached hydrogen (secondary N) is 1. The largest absolute Gasteiger partial charge is 0.380 e. The second-order valence-electron chi connectivity index (χ2n) is 2.74. The number of allylic oxidation sites excluding steroid dienone is 1. The molecule has 0 aliphatic rings. The fourth-order valence-electron chi connectivity index (χ4n) is 0.796. The topological polar surface area (TPSA) is 21.3 Å². The predicted octanol–water partition coefficient (Wildman–Crippen LogP) is 1.97. The van der Waals surface area contributed by atoms with Crippen molar-refractivity contribution in [1.82, 2.24) is 5.32 Å². The second-order valence-corrected chi connectivity index (χ2v) is 2.74. The maximum absolute atomic E-state index is 5.37. The average molecular weight is 171 g/mol. The van der Waals surface area contributed by atoms with Crippen molar-refractivity contribution in [1.29, 1.82) is 0 Å². The molecule has 2 nitrogen and oxygen atoms in total. The molecule has 0 rings (SSSR count). The van der Waals surface area contributed by atoms with E-state index in [9.17, 15) is 0 Å². The van der Waals surface area contributed by atoms with E-state index in [2.05, 4.69) is 18.3 Å². The molecular formula is C10H21NO. The van der Waals surface area contributed by atoms with E-state index in [0.29, 0.717) is 0 Å². The molecule has 0 radical (unpaired) electrons. The average Bonchev–Trinajstić information content (AvgIpc) is 2.10. The Bertz CT molecular complexity index is 102. The van der Waals surface area contributed by atoms with Crippen LogP contribution in [-0.4, -0.2) is 26.3 Å². The molecule has 0 heterocycles. The zero-order valence-corrected chi connectivity index (χ0v) is 8.31. The van der Waals surface area contributed by atoms with E-state index >= 15 is 0 Å². The number of unbranched alkanes of at least 4 members (excludes halogenated alkanes) is 1. The third-order valence-corrected chi connectivity index (χ3v) is 1.56. The number of rotatable bonds is 8. The molecule has 0 saturated heterocycles. The van der Waals surface area contributed by atoms with Gasteiger partial charge in [-0.05, 0) is 13.3 Å². The lowest BCUT2D eigenvalue weighted by Gasteiger charge is -2.02. The Morgan fingerprint density at radius 2 is 2.17 bits per heavy atom. The van der Waals surface area contributed by atoms with Crippen LogP contribution >= 0.6 is 0 Å². The Labute approximate surface area is 76.0 Å². The van der Waals surface area contributed by atoms with Crippen LogP contribution in [0.15, 0.2) is 12.2 Å². The van der Waals surface area contributed by atoms with Crippen LogP contribution in [0.25, 0.3) is 0 Å². The van der Waals surface area contributed by atoms with Crippen molar-refractivity contribution in [3.63, 3.8) is 0 Å². The fourth-order valence-corrected chi connectivity index (χ4v) is 0.796. The summed E-state index contributed by atoms with van der Waals surface area (Å²) in [6.45, 7) is 7.84. The third-order valence-electron chi connectivity index (χ3n) is 1.56. The van der Waals surface area contributed by atoms with E-state index in [1.165, 1.54) is 12.8 Å². The zero-order valence-electron chi connectivity index (χ0n) is 8.31. The summed E-state index contributed by atoms with van der Waals surface area (Å²) in [5.74, 6) is 0. The summed E-state index contributed by atoms with van der Waals surface area (Å²) < 4.78 is 5.37. The molecule has 0 aromatic heterocycles. The minimum atomic E-state index is 0.831. The molecule has 0 unspecified atom stereocenters. The van der Waals surface area contributed by atoms with Crippen molar-refractivity contribution in [2.45, 2.75) is 26.7 Å². The van der Waals surface area contributed by atoms with Gasteiger partial charge in [0.05, 0.1) is 6.61 Å². The molecule has 0 aliphatic carbocycles. The molecule has 0 atom stereocenters. The van der Waals surface area contributed by atoms with Gasteiger partial charge in [0.2, 0.25) is 0 Å². The van der Waals surface area contributed by atoms with Crippen molar-refractivity contribution in [3.05, 3.63) is 12.2 Å². The van der Waals surface area contributed by atoms with Gasteiger partial charge < -0.3 is 10.1 Å². The first kappa shape index (κ1) is 11.7. The van der Waals surface area contributed by atoms with Gasteiger partial charge in [-0.2, -0.15) is 0 Å². The number of hydrogen-bond acceptors (Lipinski definition) is 2. The van der Waals surface area contributed by atoms with Gasteiger partial charge in [0.25, 0.3) is 0 Å². The van der Waals surface area contributed by atoms with Crippen molar-refractivity contribution in [2.24, 2.45) is 0 Å². The van der Waals surface area contributed by atoms with Crippen LogP contribution < -0.4 is 5.32 Å². The van der Waals surface area contributed by atoms with Gasteiger partial charge in [-0.1, -0.05) is 25.5 Å². The van der Waals surface area contributed by atoms with Gasteiger partial charge in [0.15, 0.2) is 0 Å². The first-order valence-corrected chi connectivity index (χ1v) is 4.81. The summed E-state index contributed by atoms with van der Waals surface area (Å²) in [4.78, 5) is 0. The zero-order chi connectivity index (χ0) is 9.07. The highest BCUT2D eigenvalue weighted by atomic mass is 16.5. The molecule has 0 saturated carbocycles. The van der Waals surface area contributed by atoms with Crippen LogP contribution in [0.2, 0.25) is 0 Å². The third kappa shape index (κ3) is 9.66. The lowest BCUT2D eigenvalue weighted by molar-refractivity contribution is 0.133. The SMILES string of the molecule is C/C=C/CNCCOCCCC. The van der Waals surface area contributed by atoms with Gasteiger partial charge in [0, 0.05) is 19.7 Å². The van der Waals surface area contributed by atoms with Gasteiger partial charge in [-0.15, -0.1) is 0 Å². The van der Waals surface area contributed by atoms with Gasteiger partial charge in [0.1, 0.15) is 0 Å². The van der Waals surface area contributed by atoms with Crippen molar-refractivity contribution in [3.8, 4) is 0 Å². The molecule has 0 fully saturated rings. The molecular weight excluding hydrogens is 150 g/mol. The molecule has 0 bridgehead atoms. The molecule has 0 amide bonds. The molecule has 0 aliphatic heterocycles. The van der Waals surface area contributed by atoms with Crippen LogP contribution in [-0.2, 0) is 4.74 Å². The van der Waals surface area contributed by atoms with Crippen LogP contribution in [0.3, 0.4) is 0 Å². The molecule has 0 aromatic rings. The lowest BCUT2D eigenvalue weighted by atomic mass is 10.4. The van der Waals surface area contributed by atoms with E-state index < -0.39 is 0 Å². The van der Waals surface area contributed by atoms with E-state index in [4.69, 9.17) is 4.74 Å². The van der Waals surface area contributed by atoms with E-state index in [0.717, 1.165) is 26.3 Å². The number of hydrogen-bond donors (Lipinski definition) is 1. The molecule has 0 aromatic carbocycles. The van der Waals surface area contributed by atoms with Crippen LogP contribution in [0.4, 0.5) is 0 Å². The van der Waals surface area contributed by atoms with Crippen LogP contribution in [0.5, 0.6) is 0 Å². The minimum absolute atomic E-state index is 0.831. The van der Waals surface area contributed by atoms with Gasteiger partial charge >= 0.3 is 0 Å². The smallest absolute Gasteiger partial charge is 0.0591 e. The van der Waals surface area contributed by atoms with E-state index in [1.807, 2.05) is 13.0 Å². The summed E-state index contributed by atoms with van der Waals surface area (Å²) in [5, 5.41) is 3.25. The Kier molecular flexibility index (Phi) is 10.4. The molecule has 72 valence electrons. The molecule has 1 N–H and O–H groups in total. The van der Waals surface area contributed by atoms with Crippen molar-refractivity contribution < 1.29 is 4.74 Å². The quantitative estimate of drug-likeness (QED) is 0.445. The Hall–Kier alpha value is -0.340. The molecule has 12 heavy (non-hydrogen) atoms. The van der Waals surface area contributed by atoms with Crippen LogP contribution in [0, 0.1) is 0 Å². The normalized spacial score (nSPS) is 11.2. The summed E-state index contributed by atoms with van der Waals surface area (Å²) in [7, 11) is 0. The summed E-state index contributed by atoms with van der Waals surface area (Å²) in [5.41, 5.74) is 0. The first-order valence-electron chi connectivity index (χ1n) is 4.81. The summed E-state index contributed by atoms with van der Waals surface area (Å²) in [6, 6.07) is 0. The maximum Gasteiger partial charge on any atom is 0.0591 e. The highest BCUT2D eigenvalue weighted by molar-refractivity contribution is 4.78. The van der Waals surface area contributed by atoms with Crippen molar-refractivity contribution >= 4 is 0 Å². The minimum Gasteiger partial charge on any atom is -0.380 e. The van der Waals surface area contributed by atoms with E-state index in [-0.39, 0.29) is 0 Å². The highest BCUT2D eigenvalue weighted by Gasteiger charge is 1.86. The lowest BCUT2D eigenvalue weighted by Crippen LogP contribution is -2.19. The standard InChI is InChI=1S/C10H21NO/c1-3-5-7-11-8-10-12-9-6-4-2/h3,5,11H,4,6-10H2,1-2H3/b5-3+. The van der Waals surface area contributed by atoms with Gasteiger partial charge in [-0.25, -0.2) is 0 Å². The van der Waals surface area contributed by atoms with Crippen molar-refractivity contribution in [2.75, 3.05) is 26.3 Å². The first-order chi connectivity index (χ1) is 5.91. The second kappa shape index (κ2) is 10.7.